The SMILES string of the molecule is O=C(NCCc1coc(-c2ccccc2)n1)[C@H]1C[C@H]2CC[C@H]1C2. The zero-order valence-corrected chi connectivity index (χ0v) is 13.2. The van der Waals surface area contributed by atoms with E-state index in [2.05, 4.69) is 10.3 Å². The van der Waals surface area contributed by atoms with Crippen molar-refractivity contribution < 1.29 is 9.21 Å². The highest BCUT2D eigenvalue weighted by Crippen LogP contribution is 2.48. The summed E-state index contributed by atoms with van der Waals surface area (Å²) < 4.78 is 5.52. The fraction of sp³-hybridized carbons (Fsp3) is 0.474. The lowest BCUT2D eigenvalue weighted by molar-refractivity contribution is -0.126. The molecule has 0 radical (unpaired) electrons. The predicted octanol–water partition coefficient (Wildman–Crippen LogP) is 3.44. The Morgan fingerprint density at radius 1 is 1.22 bits per heavy atom. The summed E-state index contributed by atoms with van der Waals surface area (Å²) in [6, 6.07) is 9.86. The van der Waals surface area contributed by atoms with Crippen molar-refractivity contribution in [2.45, 2.75) is 32.1 Å². The lowest BCUT2D eigenvalue weighted by Gasteiger charge is -2.20. The summed E-state index contributed by atoms with van der Waals surface area (Å²) in [5.74, 6) is 2.58. The van der Waals surface area contributed by atoms with Crippen LogP contribution in [0.5, 0.6) is 0 Å². The van der Waals surface area contributed by atoms with Crippen LogP contribution in [0.4, 0.5) is 0 Å². The van der Waals surface area contributed by atoms with Crippen LogP contribution in [0.15, 0.2) is 41.0 Å². The normalized spacial score (nSPS) is 25.7. The molecule has 2 bridgehead atoms. The quantitative estimate of drug-likeness (QED) is 0.920. The smallest absolute Gasteiger partial charge is 0.226 e. The minimum absolute atomic E-state index is 0.240. The molecule has 2 aliphatic carbocycles. The Labute approximate surface area is 136 Å². The van der Waals surface area contributed by atoms with Gasteiger partial charge in [-0.2, -0.15) is 0 Å². The molecule has 0 aliphatic heterocycles. The molecule has 1 amide bonds. The Morgan fingerprint density at radius 2 is 2.09 bits per heavy atom. The Balaban J connectivity index is 1.28. The third-order valence-electron chi connectivity index (χ3n) is 5.33. The molecule has 3 atom stereocenters. The highest BCUT2D eigenvalue weighted by molar-refractivity contribution is 5.79. The largest absolute Gasteiger partial charge is 0.444 e. The zero-order valence-electron chi connectivity index (χ0n) is 13.2. The van der Waals surface area contributed by atoms with Crippen LogP contribution in [0.2, 0.25) is 0 Å². The lowest BCUT2D eigenvalue weighted by atomic mass is 9.88. The van der Waals surface area contributed by atoms with Crippen molar-refractivity contribution in [1.82, 2.24) is 10.3 Å². The third-order valence-corrected chi connectivity index (χ3v) is 5.33. The molecule has 0 saturated heterocycles. The van der Waals surface area contributed by atoms with E-state index in [9.17, 15) is 4.79 Å². The second-order valence-electron chi connectivity index (χ2n) is 6.83. The van der Waals surface area contributed by atoms with Crippen LogP contribution >= 0.6 is 0 Å². The van der Waals surface area contributed by atoms with Crippen LogP contribution in [0.1, 0.15) is 31.4 Å². The first-order valence-electron chi connectivity index (χ1n) is 8.57. The van der Waals surface area contributed by atoms with Gasteiger partial charge in [0.2, 0.25) is 11.8 Å². The Hall–Kier alpha value is -2.10. The van der Waals surface area contributed by atoms with Crippen molar-refractivity contribution in [3.63, 3.8) is 0 Å². The van der Waals surface area contributed by atoms with Crippen LogP contribution in [0, 0.1) is 17.8 Å². The van der Waals surface area contributed by atoms with Gasteiger partial charge in [0, 0.05) is 24.4 Å². The van der Waals surface area contributed by atoms with E-state index in [0.717, 1.165) is 23.6 Å². The highest BCUT2D eigenvalue weighted by atomic mass is 16.3. The average molecular weight is 310 g/mol. The van der Waals surface area contributed by atoms with E-state index in [1.54, 1.807) is 6.26 Å². The monoisotopic (exact) mass is 310 g/mol. The molecule has 2 saturated carbocycles. The number of nitrogens with one attached hydrogen (secondary N) is 1. The molecule has 0 spiro atoms. The number of amides is 1. The summed E-state index contributed by atoms with van der Waals surface area (Å²) in [5, 5.41) is 3.09. The summed E-state index contributed by atoms with van der Waals surface area (Å²) in [6.45, 7) is 0.632. The first-order chi connectivity index (χ1) is 11.3. The first kappa shape index (κ1) is 14.5. The molecule has 2 aromatic rings. The maximum absolute atomic E-state index is 12.3. The van der Waals surface area contributed by atoms with Crippen molar-refractivity contribution >= 4 is 5.91 Å². The van der Waals surface area contributed by atoms with Gasteiger partial charge >= 0.3 is 0 Å². The standard InChI is InChI=1S/C19H22N2O2/c22-18(17-11-13-6-7-15(17)10-13)20-9-8-16-12-23-19(21-16)14-4-2-1-3-5-14/h1-5,12-13,15,17H,6-11H2,(H,20,22)/t13-,15-,17-/m0/s1. The van der Waals surface area contributed by atoms with E-state index in [-0.39, 0.29) is 11.8 Å². The minimum atomic E-state index is 0.240. The number of carbonyl (C=O) groups excluding carboxylic acids is 1. The minimum Gasteiger partial charge on any atom is -0.444 e. The molecule has 23 heavy (non-hydrogen) atoms. The second-order valence-corrected chi connectivity index (χ2v) is 6.83. The van der Waals surface area contributed by atoms with E-state index in [0.29, 0.717) is 24.8 Å². The summed E-state index contributed by atoms with van der Waals surface area (Å²) in [4.78, 5) is 16.8. The Morgan fingerprint density at radius 3 is 2.83 bits per heavy atom. The number of nitrogens with zero attached hydrogens (tertiary/aromatic N) is 1. The number of hydrogen-bond acceptors (Lipinski definition) is 3. The molecule has 4 heteroatoms. The van der Waals surface area contributed by atoms with Crippen LogP contribution in [-0.2, 0) is 11.2 Å². The number of benzene rings is 1. The number of rotatable bonds is 5. The van der Waals surface area contributed by atoms with Crippen molar-refractivity contribution in [3.05, 3.63) is 42.3 Å². The average Bonchev–Trinajstić information content (AvgIpc) is 3.32. The summed E-state index contributed by atoms with van der Waals surface area (Å²) in [6.07, 6.45) is 7.33. The van der Waals surface area contributed by atoms with Gasteiger partial charge in [-0.1, -0.05) is 24.6 Å². The van der Waals surface area contributed by atoms with Crippen LogP contribution in [-0.4, -0.2) is 17.4 Å². The van der Waals surface area contributed by atoms with Gasteiger partial charge in [0.15, 0.2) is 0 Å². The molecular weight excluding hydrogens is 288 g/mol. The van der Waals surface area contributed by atoms with Crippen molar-refractivity contribution in [3.8, 4) is 11.5 Å². The highest BCUT2D eigenvalue weighted by Gasteiger charge is 2.42. The molecule has 2 aliphatic rings. The van der Waals surface area contributed by atoms with Crippen LogP contribution in [0.25, 0.3) is 11.5 Å². The van der Waals surface area contributed by atoms with E-state index in [1.165, 1.54) is 19.3 Å². The number of fused-ring (bicyclic) bond motifs is 2. The Kier molecular flexibility index (Phi) is 3.90. The first-order valence-corrected chi connectivity index (χ1v) is 8.57. The lowest BCUT2D eigenvalue weighted by Crippen LogP contribution is -2.34. The maximum Gasteiger partial charge on any atom is 0.226 e. The number of oxazole rings is 1. The zero-order chi connectivity index (χ0) is 15.6. The molecule has 1 aromatic carbocycles. The molecule has 1 heterocycles. The van der Waals surface area contributed by atoms with Gasteiger partial charge in [-0.3, -0.25) is 4.79 Å². The molecule has 1 aromatic heterocycles. The predicted molar refractivity (Wildman–Crippen MR) is 87.6 cm³/mol. The van der Waals surface area contributed by atoms with Gasteiger partial charge in [0.1, 0.15) is 6.26 Å². The maximum atomic E-state index is 12.3. The van der Waals surface area contributed by atoms with Crippen molar-refractivity contribution in [2.24, 2.45) is 17.8 Å². The fourth-order valence-electron chi connectivity index (χ4n) is 4.15. The molecular formula is C19H22N2O2. The van der Waals surface area contributed by atoms with E-state index in [4.69, 9.17) is 4.42 Å². The summed E-state index contributed by atoms with van der Waals surface area (Å²) >= 11 is 0. The van der Waals surface area contributed by atoms with E-state index in [1.807, 2.05) is 30.3 Å². The van der Waals surface area contributed by atoms with E-state index < -0.39 is 0 Å². The van der Waals surface area contributed by atoms with Gasteiger partial charge in [-0.15, -0.1) is 0 Å². The molecule has 4 nitrogen and oxygen atoms in total. The van der Waals surface area contributed by atoms with Crippen LogP contribution in [0.3, 0.4) is 0 Å². The third kappa shape index (κ3) is 3.03. The number of carbonyl (C=O) groups is 1. The molecule has 0 unspecified atom stereocenters. The van der Waals surface area contributed by atoms with Gasteiger partial charge in [0.05, 0.1) is 5.69 Å². The van der Waals surface area contributed by atoms with Gasteiger partial charge in [-0.25, -0.2) is 4.98 Å². The van der Waals surface area contributed by atoms with Crippen molar-refractivity contribution in [2.75, 3.05) is 6.54 Å². The number of hydrogen-bond donors (Lipinski definition) is 1. The molecule has 2 fully saturated rings. The van der Waals surface area contributed by atoms with Gasteiger partial charge < -0.3 is 9.73 Å². The van der Waals surface area contributed by atoms with Gasteiger partial charge in [0.25, 0.3) is 0 Å². The topological polar surface area (TPSA) is 55.1 Å². The molecule has 120 valence electrons. The van der Waals surface area contributed by atoms with E-state index >= 15 is 0 Å². The fourth-order valence-corrected chi connectivity index (χ4v) is 4.15. The van der Waals surface area contributed by atoms with Crippen LogP contribution < -0.4 is 5.32 Å². The summed E-state index contributed by atoms with van der Waals surface area (Å²) in [5.41, 5.74) is 1.86. The molecule has 1 N–H and O–H groups in total. The summed E-state index contributed by atoms with van der Waals surface area (Å²) in [7, 11) is 0. The molecule has 4 rings (SSSR count). The Bertz CT molecular complexity index is 680. The second kappa shape index (κ2) is 6.19. The van der Waals surface area contributed by atoms with Gasteiger partial charge in [-0.05, 0) is 43.2 Å². The van der Waals surface area contributed by atoms with Crippen molar-refractivity contribution in [1.29, 1.82) is 0 Å². The number of aromatic nitrogens is 1.